The van der Waals surface area contributed by atoms with E-state index in [1.54, 1.807) is 12.1 Å². The second-order valence-corrected chi connectivity index (χ2v) is 5.21. The first-order valence-electron chi connectivity index (χ1n) is 7.31. The lowest BCUT2D eigenvalue weighted by Crippen LogP contribution is -2.24. The number of hydrogen-bond acceptors (Lipinski definition) is 4. The molecule has 0 aliphatic carbocycles. The van der Waals surface area contributed by atoms with Crippen molar-refractivity contribution in [3.8, 4) is 5.75 Å². The molecule has 24 heavy (non-hydrogen) atoms. The van der Waals surface area contributed by atoms with Gasteiger partial charge in [-0.25, -0.2) is 10.2 Å². The van der Waals surface area contributed by atoms with Crippen LogP contribution in [-0.4, -0.2) is 29.8 Å². The Bertz CT molecular complexity index is 767. The molecule has 0 bridgehead atoms. The van der Waals surface area contributed by atoms with Crippen LogP contribution in [-0.2, 0) is 4.79 Å². The Labute approximate surface area is 139 Å². The number of nitrogens with zero attached hydrogens (tertiary/aromatic N) is 1. The van der Waals surface area contributed by atoms with Crippen LogP contribution in [0.3, 0.4) is 0 Å². The number of hydrazone groups is 1. The number of aryl methyl sites for hydroxylation is 1. The molecular formula is C18H18N2O4. The molecule has 2 aromatic carbocycles. The number of amides is 1. The summed E-state index contributed by atoms with van der Waals surface area (Å²) in [6, 6.07) is 11.8. The molecule has 0 saturated heterocycles. The molecule has 6 nitrogen and oxygen atoms in total. The summed E-state index contributed by atoms with van der Waals surface area (Å²) in [6.07, 6.45) is 1.43. The van der Waals surface area contributed by atoms with Gasteiger partial charge < -0.3 is 9.84 Å². The van der Waals surface area contributed by atoms with Crippen LogP contribution in [0.5, 0.6) is 5.75 Å². The fraction of sp³-hybridized carbons (Fsp3) is 0.167. The highest BCUT2D eigenvalue weighted by atomic mass is 16.5. The van der Waals surface area contributed by atoms with Gasteiger partial charge in [-0.1, -0.05) is 24.3 Å². The molecule has 6 heteroatoms. The molecular weight excluding hydrogens is 308 g/mol. The molecule has 2 N–H and O–H groups in total. The number of benzene rings is 2. The Balaban J connectivity index is 1.84. The quantitative estimate of drug-likeness (QED) is 0.631. The first-order valence-corrected chi connectivity index (χ1v) is 7.31. The van der Waals surface area contributed by atoms with Crippen LogP contribution in [0, 0.1) is 13.8 Å². The van der Waals surface area contributed by atoms with Crippen molar-refractivity contribution < 1.29 is 19.4 Å². The Kier molecular flexibility index (Phi) is 5.68. The average Bonchev–Trinajstić information content (AvgIpc) is 2.56. The van der Waals surface area contributed by atoms with Gasteiger partial charge in [-0.05, 0) is 48.7 Å². The van der Waals surface area contributed by atoms with Gasteiger partial charge in [-0.3, -0.25) is 4.79 Å². The van der Waals surface area contributed by atoms with Crippen molar-refractivity contribution in [1.29, 1.82) is 0 Å². The van der Waals surface area contributed by atoms with Crippen molar-refractivity contribution in [3.63, 3.8) is 0 Å². The maximum Gasteiger partial charge on any atom is 0.335 e. The molecule has 0 aromatic heterocycles. The highest BCUT2D eigenvalue weighted by molar-refractivity contribution is 5.89. The molecule has 124 valence electrons. The first-order chi connectivity index (χ1) is 11.5. The lowest BCUT2D eigenvalue weighted by molar-refractivity contribution is -0.123. The fourth-order valence-corrected chi connectivity index (χ4v) is 1.95. The highest BCUT2D eigenvalue weighted by Crippen LogP contribution is 2.20. The Morgan fingerprint density at radius 3 is 2.54 bits per heavy atom. The minimum absolute atomic E-state index is 0.139. The van der Waals surface area contributed by atoms with Gasteiger partial charge in [0, 0.05) is 0 Å². The monoisotopic (exact) mass is 326 g/mol. The van der Waals surface area contributed by atoms with Crippen molar-refractivity contribution in [2.24, 2.45) is 5.10 Å². The van der Waals surface area contributed by atoms with E-state index in [-0.39, 0.29) is 18.1 Å². The zero-order chi connectivity index (χ0) is 17.5. The Hall–Kier alpha value is -3.15. The maximum absolute atomic E-state index is 11.7. The smallest absolute Gasteiger partial charge is 0.335 e. The second-order valence-electron chi connectivity index (χ2n) is 5.21. The zero-order valence-electron chi connectivity index (χ0n) is 13.4. The van der Waals surface area contributed by atoms with Crippen molar-refractivity contribution in [2.75, 3.05) is 6.61 Å². The average molecular weight is 326 g/mol. The van der Waals surface area contributed by atoms with Crippen LogP contribution >= 0.6 is 0 Å². The van der Waals surface area contributed by atoms with Gasteiger partial charge in [-0.2, -0.15) is 5.10 Å². The summed E-state index contributed by atoms with van der Waals surface area (Å²) in [6.45, 7) is 3.77. The van der Waals surface area contributed by atoms with Gasteiger partial charge in [0.25, 0.3) is 5.91 Å². The van der Waals surface area contributed by atoms with E-state index in [2.05, 4.69) is 10.5 Å². The summed E-state index contributed by atoms with van der Waals surface area (Å²) in [5, 5.41) is 12.6. The Morgan fingerprint density at radius 2 is 1.88 bits per heavy atom. The molecule has 1 amide bonds. The number of carboxylic acids is 1. The molecule has 2 aromatic rings. The summed E-state index contributed by atoms with van der Waals surface area (Å²) >= 11 is 0. The van der Waals surface area contributed by atoms with Crippen LogP contribution in [0.1, 0.15) is 27.0 Å². The van der Waals surface area contributed by atoms with Gasteiger partial charge in [0.2, 0.25) is 0 Å². The largest absolute Gasteiger partial charge is 0.483 e. The summed E-state index contributed by atoms with van der Waals surface area (Å²) in [7, 11) is 0. The topological polar surface area (TPSA) is 88.0 Å². The van der Waals surface area contributed by atoms with Gasteiger partial charge in [0.1, 0.15) is 5.75 Å². The number of carbonyl (C=O) groups excluding carboxylic acids is 1. The van der Waals surface area contributed by atoms with E-state index in [1.165, 1.54) is 18.3 Å². The van der Waals surface area contributed by atoms with Crippen LogP contribution in [0.2, 0.25) is 0 Å². The number of hydrogen-bond donors (Lipinski definition) is 2. The van der Waals surface area contributed by atoms with Crippen LogP contribution < -0.4 is 10.2 Å². The molecule has 0 spiro atoms. The minimum atomic E-state index is -0.990. The molecule has 0 heterocycles. The molecule has 2 rings (SSSR count). The van der Waals surface area contributed by atoms with E-state index >= 15 is 0 Å². The zero-order valence-corrected chi connectivity index (χ0v) is 13.4. The molecule has 0 radical (unpaired) electrons. The third-order valence-corrected chi connectivity index (χ3v) is 3.47. The summed E-state index contributed by atoms with van der Waals surface area (Å²) in [5.74, 6) is -0.705. The normalized spacial score (nSPS) is 10.6. The summed E-state index contributed by atoms with van der Waals surface area (Å²) in [5.41, 5.74) is 5.32. The number of aromatic carboxylic acids is 1. The maximum atomic E-state index is 11.7. The third-order valence-electron chi connectivity index (χ3n) is 3.47. The molecule has 0 unspecified atom stereocenters. The SMILES string of the molecule is Cc1cccc(OCC(=O)N/N=C\c2ccc(C(=O)O)cc2)c1C. The number of nitrogens with one attached hydrogen (secondary N) is 1. The minimum Gasteiger partial charge on any atom is -0.483 e. The van der Waals surface area contributed by atoms with Gasteiger partial charge in [0.15, 0.2) is 6.61 Å². The van der Waals surface area contributed by atoms with E-state index in [9.17, 15) is 9.59 Å². The van der Waals surface area contributed by atoms with Crippen LogP contribution in [0.4, 0.5) is 0 Å². The van der Waals surface area contributed by atoms with Crippen LogP contribution in [0.25, 0.3) is 0 Å². The van der Waals surface area contributed by atoms with Crippen molar-refractivity contribution >= 4 is 18.1 Å². The van der Waals surface area contributed by atoms with E-state index in [0.717, 1.165) is 11.1 Å². The fourth-order valence-electron chi connectivity index (χ4n) is 1.95. The number of ether oxygens (including phenoxy) is 1. The molecule has 0 fully saturated rings. The summed E-state index contributed by atoms with van der Waals surface area (Å²) in [4.78, 5) is 22.5. The molecule has 0 atom stereocenters. The van der Waals surface area contributed by atoms with Gasteiger partial charge in [-0.15, -0.1) is 0 Å². The lowest BCUT2D eigenvalue weighted by atomic mass is 10.1. The molecule has 0 aliphatic heterocycles. The van der Waals surface area contributed by atoms with Crippen molar-refractivity contribution in [1.82, 2.24) is 5.43 Å². The van der Waals surface area contributed by atoms with E-state index in [4.69, 9.17) is 9.84 Å². The van der Waals surface area contributed by atoms with E-state index in [0.29, 0.717) is 11.3 Å². The lowest BCUT2D eigenvalue weighted by Gasteiger charge is -2.09. The standard InChI is InChI=1S/C18H18N2O4/c1-12-4-3-5-16(13(12)2)24-11-17(21)20-19-10-14-6-8-15(9-7-14)18(22)23/h3-10H,11H2,1-2H3,(H,20,21)(H,22,23)/b19-10-. The third kappa shape index (κ3) is 4.67. The molecule has 0 aliphatic rings. The van der Waals surface area contributed by atoms with Gasteiger partial charge in [0.05, 0.1) is 11.8 Å². The van der Waals surface area contributed by atoms with Crippen molar-refractivity contribution in [3.05, 3.63) is 64.7 Å². The first kappa shape index (κ1) is 17.2. The van der Waals surface area contributed by atoms with Crippen molar-refractivity contribution in [2.45, 2.75) is 13.8 Å². The van der Waals surface area contributed by atoms with Crippen LogP contribution in [0.15, 0.2) is 47.6 Å². The van der Waals surface area contributed by atoms with E-state index < -0.39 is 5.97 Å². The Morgan fingerprint density at radius 1 is 1.17 bits per heavy atom. The molecule has 0 saturated carbocycles. The second kappa shape index (κ2) is 7.92. The predicted octanol–water partition coefficient (Wildman–Crippen LogP) is 2.53. The highest BCUT2D eigenvalue weighted by Gasteiger charge is 2.05. The van der Waals surface area contributed by atoms with Gasteiger partial charge >= 0.3 is 5.97 Å². The number of rotatable bonds is 6. The summed E-state index contributed by atoms with van der Waals surface area (Å²) < 4.78 is 5.47. The predicted molar refractivity (Wildman–Crippen MR) is 90.5 cm³/mol. The number of carboxylic acid groups (broad SMARTS) is 1. The van der Waals surface area contributed by atoms with E-state index in [1.807, 2.05) is 32.0 Å². The number of carbonyl (C=O) groups is 2.